The average Bonchev–Trinajstić information content (AvgIpc) is 3.48. The second-order valence-corrected chi connectivity index (χ2v) is 9.42. The Kier molecular flexibility index (Phi) is 6.42. The van der Waals surface area contributed by atoms with Crippen LogP contribution in [0.5, 0.6) is 0 Å². The quantitative estimate of drug-likeness (QED) is 0.561. The van der Waals surface area contributed by atoms with Crippen molar-refractivity contribution < 1.29 is 18.3 Å². The summed E-state index contributed by atoms with van der Waals surface area (Å²) in [6, 6.07) is 11.8. The molecule has 0 spiro atoms. The Hall–Kier alpha value is -3.46. The number of nitrogens with zero attached hydrogens (tertiary/aromatic N) is 4. The van der Waals surface area contributed by atoms with Gasteiger partial charge in [0.05, 0.1) is 47.5 Å². The van der Waals surface area contributed by atoms with Crippen LogP contribution in [0, 0.1) is 18.3 Å². The standard InChI is InChI=1S/C24H22F2N6O2S/c1-13-7-16(9-17(29-13)22(25)26)21-20(15-4-2-3-14(8-15)10-27)30-23(35-21)31-24(33)32-11-18-19(12-32)34-6-5-28-18/h2-4,7-9,18-19,22,28H,5-6,11-12H2,1H3,(H,30,31,33)/t18-,19-/m0/s1. The van der Waals surface area contributed by atoms with E-state index in [-0.39, 0.29) is 23.9 Å². The summed E-state index contributed by atoms with van der Waals surface area (Å²) >= 11 is 1.19. The molecule has 35 heavy (non-hydrogen) atoms. The monoisotopic (exact) mass is 496 g/mol. The van der Waals surface area contributed by atoms with Crippen molar-refractivity contribution in [3.05, 3.63) is 53.3 Å². The first-order chi connectivity index (χ1) is 16.9. The van der Waals surface area contributed by atoms with Crippen molar-refractivity contribution >= 4 is 22.5 Å². The number of carbonyl (C=O) groups excluding carboxylic acids is 1. The highest BCUT2D eigenvalue weighted by Gasteiger charge is 2.37. The van der Waals surface area contributed by atoms with Gasteiger partial charge >= 0.3 is 6.03 Å². The highest BCUT2D eigenvalue weighted by molar-refractivity contribution is 7.19. The van der Waals surface area contributed by atoms with Crippen LogP contribution in [0.15, 0.2) is 36.4 Å². The number of amides is 2. The van der Waals surface area contributed by atoms with Gasteiger partial charge in [-0.2, -0.15) is 5.26 Å². The number of benzene rings is 1. The summed E-state index contributed by atoms with van der Waals surface area (Å²) in [5, 5.41) is 15.9. The number of anilines is 1. The largest absolute Gasteiger partial charge is 0.373 e. The van der Waals surface area contributed by atoms with E-state index in [2.05, 4.69) is 26.7 Å². The summed E-state index contributed by atoms with van der Waals surface area (Å²) in [5.41, 5.74) is 2.22. The van der Waals surface area contributed by atoms with Crippen molar-refractivity contribution in [2.45, 2.75) is 25.5 Å². The minimum atomic E-state index is -2.72. The lowest BCUT2D eigenvalue weighted by Gasteiger charge is -2.25. The molecule has 2 N–H and O–H groups in total. The van der Waals surface area contributed by atoms with Crippen LogP contribution in [-0.2, 0) is 4.74 Å². The number of halogens is 2. The molecule has 2 aliphatic rings. The third kappa shape index (κ3) is 4.86. The number of ether oxygens (including phenoxy) is 1. The highest BCUT2D eigenvalue weighted by atomic mass is 32.1. The number of nitrogens with one attached hydrogen (secondary N) is 2. The molecular weight excluding hydrogens is 474 g/mol. The Bertz CT molecular complexity index is 1290. The summed E-state index contributed by atoms with van der Waals surface area (Å²) in [4.78, 5) is 23.8. The number of hydrogen-bond donors (Lipinski definition) is 2. The third-order valence-electron chi connectivity index (χ3n) is 5.96. The van der Waals surface area contributed by atoms with E-state index in [0.717, 1.165) is 6.54 Å². The van der Waals surface area contributed by atoms with Gasteiger partial charge in [0.25, 0.3) is 6.43 Å². The maximum atomic E-state index is 13.5. The fourth-order valence-electron chi connectivity index (χ4n) is 4.37. The minimum absolute atomic E-state index is 0.0433. The number of rotatable bonds is 4. The predicted molar refractivity (Wildman–Crippen MR) is 127 cm³/mol. The van der Waals surface area contributed by atoms with Crippen LogP contribution in [0.1, 0.15) is 23.4 Å². The van der Waals surface area contributed by atoms with Gasteiger partial charge in [-0.05, 0) is 36.8 Å². The third-order valence-corrected chi connectivity index (χ3v) is 6.98. The van der Waals surface area contributed by atoms with Crippen molar-refractivity contribution in [1.29, 1.82) is 5.26 Å². The van der Waals surface area contributed by atoms with Gasteiger partial charge in [0.2, 0.25) is 0 Å². The molecule has 1 aromatic carbocycles. The summed E-state index contributed by atoms with van der Waals surface area (Å²) in [6.45, 7) is 4.01. The maximum absolute atomic E-state index is 13.5. The maximum Gasteiger partial charge on any atom is 0.323 e. The Morgan fingerprint density at radius 2 is 2.14 bits per heavy atom. The number of aromatic nitrogens is 2. The lowest BCUT2D eigenvalue weighted by Crippen LogP contribution is -2.47. The molecule has 0 unspecified atom stereocenters. The first-order valence-corrected chi connectivity index (χ1v) is 11.9. The smallest absolute Gasteiger partial charge is 0.323 e. The van der Waals surface area contributed by atoms with Gasteiger partial charge in [0.15, 0.2) is 5.13 Å². The molecule has 2 atom stereocenters. The first-order valence-electron chi connectivity index (χ1n) is 11.1. The van der Waals surface area contributed by atoms with E-state index in [4.69, 9.17) is 4.74 Å². The molecule has 2 aromatic heterocycles. The van der Waals surface area contributed by atoms with Crippen molar-refractivity contribution in [3.63, 3.8) is 0 Å². The zero-order valence-corrected chi connectivity index (χ0v) is 19.6. The van der Waals surface area contributed by atoms with Crippen molar-refractivity contribution in [2.24, 2.45) is 0 Å². The molecule has 4 heterocycles. The van der Waals surface area contributed by atoms with E-state index in [0.29, 0.717) is 57.8 Å². The van der Waals surface area contributed by atoms with Crippen LogP contribution in [0.25, 0.3) is 21.7 Å². The predicted octanol–water partition coefficient (Wildman–Crippen LogP) is 4.19. The number of thiazole rings is 1. The minimum Gasteiger partial charge on any atom is -0.373 e. The van der Waals surface area contributed by atoms with Gasteiger partial charge in [0, 0.05) is 24.3 Å². The molecule has 11 heteroatoms. The summed E-state index contributed by atoms with van der Waals surface area (Å²) < 4.78 is 32.6. The topological polar surface area (TPSA) is 103 Å². The lowest BCUT2D eigenvalue weighted by molar-refractivity contribution is 0.0187. The van der Waals surface area contributed by atoms with E-state index in [1.807, 2.05) is 0 Å². The molecule has 2 amide bonds. The molecule has 5 rings (SSSR count). The molecule has 0 saturated carbocycles. The molecule has 2 saturated heterocycles. The fourth-order valence-corrected chi connectivity index (χ4v) is 5.33. The number of aryl methyl sites for hydroxylation is 1. The van der Waals surface area contributed by atoms with E-state index < -0.39 is 6.43 Å². The molecular formula is C24H22F2N6O2S. The number of fused-ring (bicyclic) bond motifs is 1. The Labute approximate surface area is 204 Å². The fraction of sp³-hybridized carbons (Fsp3) is 0.333. The molecule has 0 radical (unpaired) electrons. The molecule has 8 nitrogen and oxygen atoms in total. The van der Waals surface area contributed by atoms with Crippen LogP contribution in [0.3, 0.4) is 0 Å². The number of carbonyl (C=O) groups is 1. The normalized spacial score (nSPS) is 19.5. The molecule has 180 valence electrons. The van der Waals surface area contributed by atoms with Crippen LogP contribution < -0.4 is 10.6 Å². The summed E-state index contributed by atoms with van der Waals surface area (Å²) in [6.07, 6.45) is -2.76. The molecule has 3 aromatic rings. The van der Waals surface area contributed by atoms with Gasteiger partial charge in [-0.1, -0.05) is 23.5 Å². The SMILES string of the molecule is Cc1cc(-c2sc(NC(=O)N3C[C@@H]4NCCO[C@H]4C3)nc2-c2cccc(C#N)c2)cc(C(F)F)n1. The zero-order chi connectivity index (χ0) is 24.5. The number of alkyl halides is 2. The second kappa shape index (κ2) is 9.65. The average molecular weight is 497 g/mol. The summed E-state index contributed by atoms with van der Waals surface area (Å²) in [5.74, 6) is 0. The van der Waals surface area contributed by atoms with Crippen molar-refractivity contribution in [3.8, 4) is 27.8 Å². The lowest BCUT2D eigenvalue weighted by atomic mass is 10.0. The highest BCUT2D eigenvalue weighted by Crippen LogP contribution is 2.40. The summed E-state index contributed by atoms with van der Waals surface area (Å²) in [7, 11) is 0. The van der Waals surface area contributed by atoms with Crippen LogP contribution in [0.4, 0.5) is 18.7 Å². The van der Waals surface area contributed by atoms with Gasteiger partial charge in [-0.15, -0.1) is 0 Å². The first kappa shape index (κ1) is 23.3. The van der Waals surface area contributed by atoms with Crippen LogP contribution >= 0.6 is 11.3 Å². The van der Waals surface area contributed by atoms with Crippen molar-refractivity contribution in [1.82, 2.24) is 20.2 Å². The van der Waals surface area contributed by atoms with Gasteiger partial charge in [0.1, 0.15) is 5.69 Å². The van der Waals surface area contributed by atoms with Gasteiger partial charge in [-0.3, -0.25) is 10.3 Å². The number of morpholine rings is 1. The number of nitriles is 1. The van der Waals surface area contributed by atoms with E-state index >= 15 is 0 Å². The van der Waals surface area contributed by atoms with Crippen LogP contribution in [0.2, 0.25) is 0 Å². The van der Waals surface area contributed by atoms with Gasteiger partial charge in [-0.25, -0.2) is 18.6 Å². The molecule has 0 bridgehead atoms. The second-order valence-electron chi connectivity index (χ2n) is 8.42. The van der Waals surface area contributed by atoms with Crippen LogP contribution in [-0.4, -0.2) is 59.3 Å². The Morgan fingerprint density at radius 3 is 2.91 bits per heavy atom. The Balaban J connectivity index is 1.50. The van der Waals surface area contributed by atoms with E-state index in [1.165, 1.54) is 17.4 Å². The number of pyridine rings is 1. The number of hydrogen-bond acceptors (Lipinski definition) is 7. The number of urea groups is 1. The molecule has 0 aliphatic carbocycles. The number of likely N-dealkylation sites (tertiary alicyclic amines) is 1. The van der Waals surface area contributed by atoms with Crippen molar-refractivity contribution in [2.75, 3.05) is 31.6 Å². The molecule has 2 fully saturated rings. The van der Waals surface area contributed by atoms with Gasteiger partial charge < -0.3 is 15.0 Å². The van der Waals surface area contributed by atoms with E-state index in [1.54, 1.807) is 42.2 Å². The van der Waals surface area contributed by atoms with E-state index in [9.17, 15) is 18.8 Å². The Morgan fingerprint density at radius 1 is 1.29 bits per heavy atom. The zero-order valence-electron chi connectivity index (χ0n) is 18.8. The molecule has 2 aliphatic heterocycles.